The van der Waals surface area contributed by atoms with Crippen LogP contribution < -0.4 is 10.1 Å². The van der Waals surface area contributed by atoms with E-state index in [0.717, 1.165) is 27.9 Å². The van der Waals surface area contributed by atoms with Crippen molar-refractivity contribution in [1.29, 1.82) is 0 Å². The Balaban J connectivity index is 1.73. The largest absolute Gasteiger partial charge is 0.497 e. The summed E-state index contributed by atoms with van der Waals surface area (Å²) in [6.07, 6.45) is 0.235. The summed E-state index contributed by atoms with van der Waals surface area (Å²) in [5.74, 6) is 0.238. The first kappa shape index (κ1) is 18.5. The maximum absolute atomic E-state index is 12.5. The number of methoxy groups -OCH3 is 1. The summed E-state index contributed by atoms with van der Waals surface area (Å²) in [6, 6.07) is 12.4. The van der Waals surface area contributed by atoms with Crippen molar-refractivity contribution in [2.45, 2.75) is 20.3 Å². The van der Waals surface area contributed by atoms with Crippen molar-refractivity contribution in [3.63, 3.8) is 0 Å². The van der Waals surface area contributed by atoms with Gasteiger partial charge < -0.3 is 19.8 Å². The van der Waals surface area contributed by atoms with E-state index in [2.05, 4.69) is 10.3 Å². The van der Waals surface area contributed by atoms with Gasteiger partial charge in [0, 0.05) is 22.3 Å². The Labute approximate surface area is 157 Å². The summed E-state index contributed by atoms with van der Waals surface area (Å²) in [6.45, 7) is 4.03. The summed E-state index contributed by atoms with van der Waals surface area (Å²) in [7, 11) is 1.62. The lowest BCUT2D eigenvalue weighted by Gasteiger charge is -2.07. The summed E-state index contributed by atoms with van der Waals surface area (Å²) < 4.78 is 10.2. The molecule has 1 aromatic heterocycles. The predicted octanol–water partition coefficient (Wildman–Crippen LogP) is 3.84. The number of aryl methyl sites for hydroxylation is 1. The standard InChI is InChI=1S/C21H22N2O4/c1-4-27-21(25)14-5-7-15(8-6-14)23-20(24)12-17-13(2)22-19-10-9-16(26-3)11-18(17)19/h5-11,22H,4,12H2,1-3H3,(H,23,24). The van der Waals surface area contributed by atoms with E-state index in [4.69, 9.17) is 9.47 Å². The minimum Gasteiger partial charge on any atom is -0.497 e. The molecule has 0 atom stereocenters. The van der Waals surface area contributed by atoms with Crippen LogP contribution in [0.3, 0.4) is 0 Å². The molecule has 27 heavy (non-hydrogen) atoms. The van der Waals surface area contributed by atoms with E-state index in [9.17, 15) is 9.59 Å². The van der Waals surface area contributed by atoms with Gasteiger partial charge in [-0.25, -0.2) is 4.79 Å². The molecule has 3 rings (SSSR count). The zero-order valence-electron chi connectivity index (χ0n) is 15.6. The number of esters is 1. The van der Waals surface area contributed by atoms with Crippen LogP contribution in [0.5, 0.6) is 5.75 Å². The molecule has 3 aromatic rings. The molecule has 0 saturated heterocycles. The summed E-state index contributed by atoms with van der Waals surface area (Å²) in [5, 5.41) is 3.83. The maximum Gasteiger partial charge on any atom is 0.338 e. The number of aromatic amines is 1. The predicted molar refractivity (Wildman–Crippen MR) is 104 cm³/mol. The van der Waals surface area contributed by atoms with E-state index in [1.807, 2.05) is 25.1 Å². The number of hydrogen-bond donors (Lipinski definition) is 2. The molecule has 6 nitrogen and oxygen atoms in total. The Hall–Kier alpha value is -3.28. The van der Waals surface area contributed by atoms with Gasteiger partial charge in [0.2, 0.25) is 5.91 Å². The number of ether oxygens (including phenoxy) is 2. The highest BCUT2D eigenvalue weighted by molar-refractivity contribution is 5.97. The number of carbonyl (C=O) groups excluding carboxylic acids is 2. The first-order valence-corrected chi connectivity index (χ1v) is 8.74. The average Bonchev–Trinajstić information content (AvgIpc) is 2.97. The van der Waals surface area contributed by atoms with Crippen molar-refractivity contribution in [3.05, 3.63) is 59.3 Å². The number of hydrogen-bond acceptors (Lipinski definition) is 4. The first-order chi connectivity index (χ1) is 13.0. The van der Waals surface area contributed by atoms with Gasteiger partial charge in [0.15, 0.2) is 0 Å². The molecule has 0 saturated carbocycles. The molecule has 2 N–H and O–H groups in total. The quantitative estimate of drug-likeness (QED) is 0.650. The van der Waals surface area contributed by atoms with Crippen LogP contribution in [0.2, 0.25) is 0 Å². The minimum absolute atomic E-state index is 0.134. The van der Waals surface area contributed by atoms with Gasteiger partial charge in [-0.3, -0.25) is 4.79 Å². The normalized spacial score (nSPS) is 10.6. The fourth-order valence-corrected chi connectivity index (χ4v) is 2.99. The molecule has 2 aromatic carbocycles. The molecule has 6 heteroatoms. The van der Waals surface area contributed by atoms with Crippen LogP contribution in [-0.2, 0) is 16.0 Å². The third-order valence-electron chi connectivity index (χ3n) is 4.34. The minimum atomic E-state index is -0.376. The molecule has 1 heterocycles. The number of aromatic nitrogens is 1. The van der Waals surface area contributed by atoms with Crippen molar-refractivity contribution >= 4 is 28.5 Å². The van der Waals surface area contributed by atoms with E-state index < -0.39 is 0 Å². The first-order valence-electron chi connectivity index (χ1n) is 8.74. The van der Waals surface area contributed by atoms with Gasteiger partial charge in [0.25, 0.3) is 0 Å². The van der Waals surface area contributed by atoms with E-state index in [-0.39, 0.29) is 18.3 Å². The van der Waals surface area contributed by atoms with Crippen molar-refractivity contribution in [2.24, 2.45) is 0 Å². The molecule has 0 fully saturated rings. The molecular weight excluding hydrogens is 344 g/mol. The molecule has 0 bridgehead atoms. The Morgan fingerprint density at radius 1 is 1.11 bits per heavy atom. The van der Waals surface area contributed by atoms with Gasteiger partial charge in [0.05, 0.1) is 25.7 Å². The third kappa shape index (κ3) is 4.11. The van der Waals surface area contributed by atoms with Gasteiger partial charge in [-0.15, -0.1) is 0 Å². The van der Waals surface area contributed by atoms with E-state index in [1.54, 1.807) is 38.3 Å². The van der Waals surface area contributed by atoms with Crippen LogP contribution in [0, 0.1) is 6.92 Å². The van der Waals surface area contributed by atoms with Crippen molar-refractivity contribution in [2.75, 3.05) is 19.0 Å². The second-order valence-corrected chi connectivity index (χ2v) is 6.16. The lowest BCUT2D eigenvalue weighted by molar-refractivity contribution is -0.115. The Morgan fingerprint density at radius 3 is 2.52 bits per heavy atom. The number of carbonyl (C=O) groups is 2. The van der Waals surface area contributed by atoms with Crippen LogP contribution in [0.15, 0.2) is 42.5 Å². The van der Waals surface area contributed by atoms with Gasteiger partial charge in [-0.05, 0) is 61.9 Å². The Kier molecular flexibility index (Phi) is 5.45. The van der Waals surface area contributed by atoms with Gasteiger partial charge in [0.1, 0.15) is 5.75 Å². The third-order valence-corrected chi connectivity index (χ3v) is 4.34. The lowest BCUT2D eigenvalue weighted by atomic mass is 10.1. The van der Waals surface area contributed by atoms with Crippen molar-refractivity contribution < 1.29 is 19.1 Å². The van der Waals surface area contributed by atoms with Crippen LogP contribution in [0.4, 0.5) is 5.69 Å². The highest BCUT2D eigenvalue weighted by Gasteiger charge is 2.14. The molecule has 0 aliphatic carbocycles. The number of nitrogens with one attached hydrogen (secondary N) is 2. The lowest BCUT2D eigenvalue weighted by Crippen LogP contribution is -2.15. The fourth-order valence-electron chi connectivity index (χ4n) is 2.99. The van der Waals surface area contributed by atoms with Crippen molar-refractivity contribution in [1.82, 2.24) is 4.98 Å². The Morgan fingerprint density at radius 2 is 1.85 bits per heavy atom. The van der Waals surface area contributed by atoms with Gasteiger partial charge >= 0.3 is 5.97 Å². The fraction of sp³-hybridized carbons (Fsp3) is 0.238. The average molecular weight is 366 g/mol. The number of benzene rings is 2. The van der Waals surface area contributed by atoms with Gasteiger partial charge in [-0.1, -0.05) is 0 Å². The zero-order chi connectivity index (χ0) is 19.4. The monoisotopic (exact) mass is 366 g/mol. The number of anilines is 1. The molecule has 0 unspecified atom stereocenters. The number of amides is 1. The number of H-pyrrole nitrogens is 1. The smallest absolute Gasteiger partial charge is 0.338 e. The Bertz CT molecular complexity index is 974. The highest BCUT2D eigenvalue weighted by atomic mass is 16.5. The zero-order valence-corrected chi connectivity index (χ0v) is 15.6. The van der Waals surface area contributed by atoms with Crippen LogP contribution in [0.1, 0.15) is 28.5 Å². The van der Waals surface area contributed by atoms with Crippen LogP contribution >= 0.6 is 0 Å². The molecule has 140 valence electrons. The summed E-state index contributed by atoms with van der Waals surface area (Å²) >= 11 is 0. The second kappa shape index (κ2) is 7.95. The molecule has 0 radical (unpaired) electrons. The highest BCUT2D eigenvalue weighted by Crippen LogP contribution is 2.27. The summed E-state index contributed by atoms with van der Waals surface area (Å²) in [4.78, 5) is 27.5. The van der Waals surface area contributed by atoms with Crippen molar-refractivity contribution in [3.8, 4) is 5.75 Å². The topological polar surface area (TPSA) is 80.4 Å². The molecule has 0 aliphatic heterocycles. The van der Waals surface area contributed by atoms with E-state index >= 15 is 0 Å². The van der Waals surface area contributed by atoms with Crippen LogP contribution in [-0.4, -0.2) is 30.6 Å². The second-order valence-electron chi connectivity index (χ2n) is 6.16. The molecule has 0 aliphatic rings. The van der Waals surface area contributed by atoms with Crippen LogP contribution in [0.25, 0.3) is 10.9 Å². The molecule has 1 amide bonds. The van der Waals surface area contributed by atoms with E-state index in [1.165, 1.54) is 0 Å². The van der Waals surface area contributed by atoms with E-state index in [0.29, 0.717) is 17.9 Å². The summed E-state index contributed by atoms with van der Waals surface area (Å²) in [5.41, 5.74) is 3.93. The molecular formula is C21H22N2O4. The van der Waals surface area contributed by atoms with Gasteiger partial charge in [-0.2, -0.15) is 0 Å². The number of rotatable bonds is 6. The SMILES string of the molecule is CCOC(=O)c1ccc(NC(=O)Cc2c(C)[nH]c3ccc(OC)cc23)cc1. The number of fused-ring (bicyclic) bond motifs is 1. The molecule has 0 spiro atoms. The maximum atomic E-state index is 12.5.